The lowest BCUT2D eigenvalue weighted by Crippen LogP contribution is -2.40. The first kappa shape index (κ1) is 22.9. The molecule has 5 heteroatoms. The van der Waals surface area contributed by atoms with Crippen LogP contribution < -0.4 is 5.32 Å². The number of likely N-dealkylation sites (tertiary alicyclic amines) is 1. The molecule has 174 valence electrons. The monoisotopic (exact) mass is 469 g/mol. The minimum absolute atomic E-state index is 0.0529. The van der Waals surface area contributed by atoms with Gasteiger partial charge in [-0.3, -0.25) is 9.78 Å². The highest BCUT2D eigenvalue weighted by molar-refractivity contribution is 7.98. The highest BCUT2D eigenvalue weighted by Gasteiger charge is 2.32. The molecule has 2 aliphatic rings. The number of rotatable bonds is 6. The number of carbonyl (C=O) groups excluding carboxylic acids is 1. The van der Waals surface area contributed by atoms with E-state index in [0.29, 0.717) is 18.4 Å². The summed E-state index contributed by atoms with van der Waals surface area (Å²) in [6.07, 6.45) is 9.24. The van der Waals surface area contributed by atoms with Gasteiger partial charge in [0.2, 0.25) is 5.91 Å². The number of hydrogen-bond donors (Lipinski definition) is 1. The van der Waals surface area contributed by atoms with Crippen LogP contribution in [0.3, 0.4) is 0 Å². The summed E-state index contributed by atoms with van der Waals surface area (Å²) in [6, 6.07) is 21.8. The zero-order valence-corrected chi connectivity index (χ0v) is 20.2. The van der Waals surface area contributed by atoms with Gasteiger partial charge in [0.1, 0.15) is 0 Å². The average molecular weight is 470 g/mol. The molecule has 1 saturated heterocycles. The van der Waals surface area contributed by atoms with E-state index in [1.807, 2.05) is 23.9 Å². The Kier molecular flexibility index (Phi) is 7.42. The fraction of sp³-hybridized carbons (Fsp3) is 0.310. The van der Waals surface area contributed by atoms with Crippen molar-refractivity contribution < 1.29 is 4.79 Å². The SMILES string of the molecule is O=C(C=Cc1cccnc1)NCCN1CCC(C2c3ccccc3CSc3ccccc32)CC1. The van der Waals surface area contributed by atoms with Crippen molar-refractivity contribution in [2.45, 2.75) is 29.4 Å². The first-order valence-corrected chi connectivity index (χ1v) is 13.1. The highest BCUT2D eigenvalue weighted by Crippen LogP contribution is 2.46. The molecular formula is C29H31N3OS. The van der Waals surface area contributed by atoms with Crippen LogP contribution in [-0.2, 0) is 10.5 Å². The number of hydrogen-bond acceptors (Lipinski definition) is 4. The summed E-state index contributed by atoms with van der Waals surface area (Å²) >= 11 is 1.98. The molecule has 4 nitrogen and oxygen atoms in total. The summed E-state index contributed by atoms with van der Waals surface area (Å²) in [5, 5.41) is 3.02. The summed E-state index contributed by atoms with van der Waals surface area (Å²) in [5.41, 5.74) is 5.44. The first-order chi connectivity index (χ1) is 16.8. The Balaban J connectivity index is 1.17. The van der Waals surface area contributed by atoms with E-state index in [9.17, 15) is 4.79 Å². The number of aromatic nitrogens is 1. The summed E-state index contributed by atoms with van der Waals surface area (Å²) in [7, 11) is 0. The lowest BCUT2D eigenvalue weighted by Gasteiger charge is -2.37. The van der Waals surface area contributed by atoms with Gasteiger partial charge >= 0.3 is 0 Å². The maximum atomic E-state index is 12.1. The molecule has 1 N–H and O–H groups in total. The van der Waals surface area contributed by atoms with Gasteiger partial charge in [-0.25, -0.2) is 0 Å². The number of amides is 1. The molecule has 1 fully saturated rings. The van der Waals surface area contributed by atoms with Gasteiger partial charge in [-0.05, 0) is 72.3 Å². The van der Waals surface area contributed by atoms with Crippen LogP contribution in [-0.4, -0.2) is 42.0 Å². The van der Waals surface area contributed by atoms with Crippen molar-refractivity contribution in [3.8, 4) is 0 Å². The van der Waals surface area contributed by atoms with Gasteiger partial charge in [0.05, 0.1) is 0 Å². The van der Waals surface area contributed by atoms with Crippen molar-refractivity contribution >= 4 is 23.7 Å². The maximum absolute atomic E-state index is 12.1. The number of nitrogens with zero attached hydrogens (tertiary/aromatic N) is 2. The van der Waals surface area contributed by atoms with Gasteiger partial charge in [-0.15, -0.1) is 11.8 Å². The Bertz CT molecular complexity index is 1090. The van der Waals surface area contributed by atoms with Crippen molar-refractivity contribution in [2.24, 2.45) is 5.92 Å². The average Bonchev–Trinajstić information content (AvgIpc) is 3.06. The van der Waals surface area contributed by atoms with Crippen LogP contribution in [0.4, 0.5) is 0 Å². The second kappa shape index (κ2) is 11.0. The quantitative estimate of drug-likeness (QED) is 0.494. The fourth-order valence-corrected chi connectivity index (χ4v) is 6.33. The lowest BCUT2D eigenvalue weighted by molar-refractivity contribution is -0.116. The van der Waals surface area contributed by atoms with E-state index in [2.05, 4.69) is 63.7 Å². The van der Waals surface area contributed by atoms with E-state index < -0.39 is 0 Å². The molecule has 1 unspecified atom stereocenters. The van der Waals surface area contributed by atoms with Crippen molar-refractivity contribution in [1.82, 2.24) is 15.2 Å². The van der Waals surface area contributed by atoms with Gasteiger partial charge in [0, 0.05) is 48.1 Å². The lowest BCUT2D eigenvalue weighted by atomic mass is 9.75. The van der Waals surface area contributed by atoms with Crippen molar-refractivity contribution in [3.05, 3.63) is 101 Å². The molecule has 0 saturated carbocycles. The Morgan fingerprint density at radius 1 is 1.03 bits per heavy atom. The third-order valence-corrected chi connectivity index (χ3v) is 8.11. The first-order valence-electron chi connectivity index (χ1n) is 12.2. The third-order valence-electron chi connectivity index (χ3n) is 6.97. The molecule has 3 aromatic rings. The largest absolute Gasteiger partial charge is 0.351 e. The minimum atomic E-state index is -0.0529. The molecule has 5 rings (SSSR count). The summed E-state index contributed by atoms with van der Waals surface area (Å²) in [4.78, 5) is 20.1. The van der Waals surface area contributed by atoms with Crippen LogP contribution in [0.15, 0.2) is 84.0 Å². The molecule has 1 atom stereocenters. The highest BCUT2D eigenvalue weighted by atomic mass is 32.2. The number of pyridine rings is 1. The van der Waals surface area contributed by atoms with Crippen molar-refractivity contribution in [2.75, 3.05) is 26.2 Å². The van der Waals surface area contributed by atoms with Gasteiger partial charge in [-0.1, -0.05) is 48.5 Å². The van der Waals surface area contributed by atoms with Crippen LogP contribution in [0.5, 0.6) is 0 Å². The predicted octanol–water partition coefficient (Wildman–Crippen LogP) is 5.36. The second-order valence-corrected chi connectivity index (χ2v) is 10.1. The zero-order valence-electron chi connectivity index (χ0n) is 19.4. The van der Waals surface area contributed by atoms with Crippen LogP contribution in [0.2, 0.25) is 0 Å². The van der Waals surface area contributed by atoms with Crippen LogP contribution in [0, 0.1) is 5.92 Å². The molecule has 2 aliphatic heterocycles. The van der Waals surface area contributed by atoms with E-state index in [0.717, 1.165) is 31.0 Å². The summed E-state index contributed by atoms with van der Waals surface area (Å²) < 4.78 is 0. The van der Waals surface area contributed by atoms with E-state index in [-0.39, 0.29) is 5.91 Å². The Hall–Kier alpha value is -2.89. The summed E-state index contributed by atoms with van der Waals surface area (Å²) in [5.74, 6) is 2.12. The van der Waals surface area contributed by atoms with Gasteiger partial charge < -0.3 is 10.2 Å². The molecule has 0 spiro atoms. The molecule has 2 aromatic carbocycles. The van der Waals surface area contributed by atoms with Crippen molar-refractivity contribution in [1.29, 1.82) is 0 Å². The number of nitrogens with one attached hydrogen (secondary N) is 1. The predicted molar refractivity (Wildman–Crippen MR) is 140 cm³/mol. The van der Waals surface area contributed by atoms with E-state index in [1.54, 1.807) is 24.5 Å². The molecule has 3 heterocycles. The molecule has 34 heavy (non-hydrogen) atoms. The van der Waals surface area contributed by atoms with Crippen LogP contribution >= 0.6 is 11.8 Å². The molecular weight excluding hydrogens is 438 g/mol. The van der Waals surface area contributed by atoms with Gasteiger partial charge in [0.15, 0.2) is 0 Å². The normalized spacial score (nSPS) is 18.8. The fourth-order valence-electron chi connectivity index (χ4n) is 5.22. The van der Waals surface area contributed by atoms with Gasteiger partial charge in [-0.2, -0.15) is 0 Å². The number of benzene rings is 2. The molecule has 1 aromatic heterocycles. The molecule has 0 radical (unpaired) electrons. The minimum Gasteiger partial charge on any atom is -0.351 e. The van der Waals surface area contributed by atoms with Crippen LogP contribution in [0.25, 0.3) is 6.08 Å². The standard InChI is InChI=1S/C29H31N3OS/c33-28(12-11-22-6-5-15-30-20-22)31-16-19-32-17-13-23(14-18-32)29-25-8-2-1-7-24(25)21-34-27-10-4-3-9-26(27)29/h1-12,15,20,23,29H,13-14,16-19,21H2,(H,31,33). The Labute approximate surface area is 206 Å². The van der Waals surface area contributed by atoms with Crippen molar-refractivity contribution in [3.63, 3.8) is 0 Å². The van der Waals surface area contributed by atoms with E-state index >= 15 is 0 Å². The number of fused-ring (bicyclic) bond motifs is 2. The third kappa shape index (κ3) is 5.43. The summed E-state index contributed by atoms with van der Waals surface area (Å²) in [6.45, 7) is 3.74. The number of piperidine rings is 1. The number of thioether (sulfide) groups is 1. The molecule has 1 amide bonds. The van der Waals surface area contributed by atoms with Crippen LogP contribution in [0.1, 0.15) is 41.0 Å². The van der Waals surface area contributed by atoms with E-state index in [4.69, 9.17) is 0 Å². The second-order valence-electron chi connectivity index (χ2n) is 9.09. The molecule has 0 aliphatic carbocycles. The van der Waals surface area contributed by atoms with E-state index in [1.165, 1.54) is 34.4 Å². The molecule has 0 bridgehead atoms. The smallest absolute Gasteiger partial charge is 0.244 e. The zero-order chi connectivity index (χ0) is 23.2. The van der Waals surface area contributed by atoms with Gasteiger partial charge in [0.25, 0.3) is 0 Å². The Morgan fingerprint density at radius 2 is 1.82 bits per heavy atom. The topological polar surface area (TPSA) is 45.2 Å². The maximum Gasteiger partial charge on any atom is 0.244 e. The Morgan fingerprint density at radius 3 is 2.65 bits per heavy atom. The number of carbonyl (C=O) groups is 1.